The highest BCUT2D eigenvalue weighted by atomic mass is 35.5. The molecule has 1 aromatic rings. The third-order valence-corrected chi connectivity index (χ3v) is 3.19. The van der Waals surface area contributed by atoms with Crippen LogP contribution in [0.5, 0.6) is 0 Å². The monoisotopic (exact) mass is 221 g/mol. The Balaban J connectivity index is 2.51. The summed E-state index contributed by atoms with van der Waals surface area (Å²) in [7, 11) is 0. The summed E-state index contributed by atoms with van der Waals surface area (Å²) in [5.74, 6) is 0. The molecule has 0 fully saturated rings. The van der Waals surface area contributed by atoms with Gasteiger partial charge in [-0.2, -0.15) is 0 Å². The fourth-order valence-corrected chi connectivity index (χ4v) is 2.36. The highest BCUT2D eigenvalue weighted by Crippen LogP contribution is 2.26. The molecule has 0 radical (unpaired) electrons. The van der Waals surface area contributed by atoms with Gasteiger partial charge in [-0.25, -0.2) is 0 Å². The van der Waals surface area contributed by atoms with Crippen LogP contribution in [0.3, 0.4) is 0 Å². The van der Waals surface area contributed by atoms with E-state index in [-0.39, 0.29) is 0 Å². The van der Waals surface area contributed by atoms with Crippen LogP contribution in [-0.2, 0) is 12.8 Å². The predicted octanol–water partition coefficient (Wildman–Crippen LogP) is 3.06. The minimum atomic E-state index is 0.869. The van der Waals surface area contributed by atoms with Crippen LogP contribution >= 0.6 is 11.6 Å². The van der Waals surface area contributed by atoms with Gasteiger partial charge < -0.3 is 5.32 Å². The molecule has 0 spiro atoms. The zero-order chi connectivity index (χ0) is 10.7. The van der Waals surface area contributed by atoms with Gasteiger partial charge in [-0.05, 0) is 55.6 Å². The molecule has 0 aromatic heterocycles. The topological polar surface area (TPSA) is 12.0 Å². The second-order valence-electron chi connectivity index (χ2n) is 3.85. The van der Waals surface area contributed by atoms with Crippen LogP contribution in [0.1, 0.15) is 23.6 Å². The molecule has 2 heteroatoms. The summed E-state index contributed by atoms with van der Waals surface area (Å²) in [6.45, 7) is 4.16. The SMILES string of the molecule is C/C=C\c1c(Cl)ccc2c1CCNCC2. The number of fused-ring (bicyclic) bond motifs is 1. The summed E-state index contributed by atoms with van der Waals surface area (Å²) in [5, 5.41) is 4.28. The molecule has 1 heterocycles. The molecule has 1 nitrogen and oxygen atoms in total. The van der Waals surface area contributed by atoms with E-state index >= 15 is 0 Å². The molecule has 1 N–H and O–H groups in total. The second-order valence-corrected chi connectivity index (χ2v) is 4.26. The first-order valence-electron chi connectivity index (χ1n) is 5.46. The maximum Gasteiger partial charge on any atom is 0.0481 e. The van der Waals surface area contributed by atoms with Crippen molar-refractivity contribution >= 4 is 17.7 Å². The average Bonchev–Trinajstić information content (AvgIpc) is 2.47. The van der Waals surface area contributed by atoms with Gasteiger partial charge in [-0.3, -0.25) is 0 Å². The minimum absolute atomic E-state index is 0.869. The summed E-state index contributed by atoms with van der Waals surface area (Å²) in [5.41, 5.74) is 4.07. The highest BCUT2D eigenvalue weighted by molar-refractivity contribution is 6.32. The fourth-order valence-electron chi connectivity index (χ4n) is 2.12. The lowest BCUT2D eigenvalue weighted by Crippen LogP contribution is -2.16. The number of benzene rings is 1. The third-order valence-electron chi connectivity index (χ3n) is 2.86. The number of nitrogens with one attached hydrogen (secondary N) is 1. The Bertz CT molecular complexity index is 382. The Morgan fingerprint density at radius 3 is 2.87 bits per heavy atom. The van der Waals surface area contributed by atoms with Gasteiger partial charge in [0.25, 0.3) is 0 Å². The summed E-state index contributed by atoms with van der Waals surface area (Å²) in [6, 6.07) is 4.18. The van der Waals surface area contributed by atoms with E-state index in [9.17, 15) is 0 Å². The van der Waals surface area contributed by atoms with Crippen molar-refractivity contribution in [3.63, 3.8) is 0 Å². The Morgan fingerprint density at radius 2 is 2.07 bits per heavy atom. The molecule has 80 valence electrons. The van der Waals surface area contributed by atoms with Crippen LogP contribution < -0.4 is 5.32 Å². The smallest absolute Gasteiger partial charge is 0.0481 e. The average molecular weight is 222 g/mol. The maximum atomic E-state index is 6.22. The maximum absolute atomic E-state index is 6.22. The van der Waals surface area contributed by atoms with Crippen molar-refractivity contribution in [1.82, 2.24) is 5.32 Å². The van der Waals surface area contributed by atoms with E-state index in [0.29, 0.717) is 0 Å². The van der Waals surface area contributed by atoms with E-state index < -0.39 is 0 Å². The van der Waals surface area contributed by atoms with E-state index in [1.165, 1.54) is 16.7 Å². The molecule has 2 rings (SSSR count). The van der Waals surface area contributed by atoms with Crippen LogP contribution in [0.15, 0.2) is 18.2 Å². The largest absolute Gasteiger partial charge is 0.316 e. The molecule has 0 aliphatic carbocycles. The van der Waals surface area contributed by atoms with E-state index in [4.69, 9.17) is 11.6 Å². The van der Waals surface area contributed by atoms with Gasteiger partial charge >= 0.3 is 0 Å². The summed E-state index contributed by atoms with van der Waals surface area (Å²) in [4.78, 5) is 0. The molecule has 0 atom stereocenters. The summed E-state index contributed by atoms with van der Waals surface area (Å²) < 4.78 is 0. The molecule has 1 aromatic carbocycles. The van der Waals surface area contributed by atoms with E-state index in [2.05, 4.69) is 23.5 Å². The zero-order valence-corrected chi connectivity index (χ0v) is 9.77. The molecule has 0 bridgehead atoms. The lowest BCUT2D eigenvalue weighted by Gasteiger charge is -2.10. The Morgan fingerprint density at radius 1 is 1.27 bits per heavy atom. The quantitative estimate of drug-likeness (QED) is 0.769. The molecular formula is C13H16ClN. The van der Waals surface area contributed by atoms with E-state index in [1.54, 1.807) is 0 Å². The fraction of sp³-hybridized carbons (Fsp3) is 0.385. The van der Waals surface area contributed by atoms with Gasteiger partial charge in [-0.15, -0.1) is 0 Å². The van der Waals surface area contributed by atoms with E-state index in [1.807, 2.05) is 13.0 Å². The number of hydrogen-bond donors (Lipinski definition) is 1. The zero-order valence-electron chi connectivity index (χ0n) is 9.02. The first-order chi connectivity index (χ1) is 7.33. The number of rotatable bonds is 1. The predicted molar refractivity (Wildman–Crippen MR) is 66.4 cm³/mol. The van der Waals surface area contributed by atoms with Gasteiger partial charge in [0.05, 0.1) is 0 Å². The van der Waals surface area contributed by atoms with Gasteiger partial charge in [0, 0.05) is 5.02 Å². The van der Waals surface area contributed by atoms with Crippen molar-refractivity contribution in [2.45, 2.75) is 19.8 Å². The van der Waals surface area contributed by atoms with E-state index in [0.717, 1.165) is 31.0 Å². The third kappa shape index (κ3) is 2.24. The second kappa shape index (κ2) is 4.82. The van der Waals surface area contributed by atoms with Crippen molar-refractivity contribution in [2.75, 3.05) is 13.1 Å². The van der Waals surface area contributed by atoms with Crippen molar-refractivity contribution in [2.24, 2.45) is 0 Å². The van der Waals surface area contributed by atoms with Gasteiger partial charge in [0.15, 0.2) is 0 Å². The number of hydrogen-bond acceptors (Lipinski definition) is 1. The molecule has 15 heavy (non-hydrogen) atoms. The first kappa shape index (κ1) is 10.7. The first-order valence-corrected chi connectivity index (χ1v) is 5.84. The van der Waals surface area contributed by atoms with Gasteiger partial charge in [0.1, 0.15) is 0 Å². The Kier molecular flexibility index (Phi) is 3.45. The number of halogens is 1. The van der Waals surface area contributed by atoms with Crippen molar-refractivity contribution in [1.29, 1.82) is 0 Å². The highest BCUT2D eigenvalue weighted by Gasteiger charge is 2.12. The van der Waals surface area contributed by atoms with Crippen LogP contribution in [0.25, 0.3) is 6.08 Å². The number of allylic oxidation sites excluding steroid dienone is 1. The standard InChI is InChI=1S/C13H16ClN/c1-2-3-12-11-7-9-15-8-6-10(11)4-5-13(12)14/h2-5,15H,6-9H2,1H3/b3-2-. The molecule has 0 saturated carbocycles. The van der Waals surface area contributed by atoms with Crippen LogP contribution in [0.4, 0.5) is 0 Å². The molecular weight excluding hydrogens is 206 g/mol. The van der Waals surface area contributed by atoms with Gasteiger partial charge in [0.2, 0.25) is 0 Å². The summed E-state index contributed by atoms with van der Waals surface area (Å²) in [6.07, 6.45) is 6.36. The Labute approximate surface area is 96.1 Å². The molecule has 1 aliphatic rings. The molecule has 0 unspecified atom stereocenters. The minimum Gasteiger partial charge on any atom is -0.316 e. The normalized spacial score (nSPS) is 16.4. The molecule has 0 amide bonds. The summed E-state index contributed by atoms with van der Waals surface area (Å²) >= 11 is 6.22. The lowest BCUT2D eigenvalue weighted by atomic mass is 9.97. The van der Waals surface area contributed by atoms with Crippen molar-refractivity contribution in [3.8, 4) is 0 Å². The van der Waals surface area contributed by atoms with Crippen molar-refractivity contribution in [3.05, 3.63) is 39.9 Å². The lowest BCUT2D eigenvalue weighted by molar-refractivity contribution is 0.711. The van der Waals surface area contributed by atoms with Crippen molar-refractivity contribution < 1.29 is 0 Å². The molecule has 0 saturated heterocycles. The van der Waals surface area contributed by atoms with Crippen LogP contribution in [-0.4, -0.2) is 13.1 Å². The molecule has 1 aliphatic heterocycles. The van der Waals surface area contributed by atoms with Crippen LogP contribution in [0.2, 0.25) is 5.02 Å². The van der Waals surface area contributed by atoms with Gasteiger partial charge in [-0.1, -0.05) is 29.8 Å². The van der Waals surface area contributed by atoms with Crippen LogP contribution in [0, 0.1) is 0 Å². The Hall–Kier alpha value is -0.790.